The molecule has 1 amide bonds. The highest BCUT2D eigenvalue weighted by molar-refractivity contribution is 6.03. The van der Waals surface area contributed by atoms with Crippen LogP contribution in [0.3, 0.4) is 0 Å². The summed E-state index contributed by atoms with van der Waals surface area (Å²) in [5, 5.41) is 13.8. The van der Waals surface area contributed by atoms with E-state index in [4.69, 9.17) is 42.6 Å². The summed E-state index contributed by atoms with van der Waals surface area (Å²) in [6.07, 6.45) is 5.32. The lowest BCUT2D eigenvalue weighted by Gasteiger charge is -2.45. The fraction of sp³-hybridized carbons (Fsp3) is 0.333. The minimum absolute atomic E-state index is 0.112. The van der Waals surface area contributed by atoms with E-state index in [0.29, 0.717) is 52.4 Å². The number of aliphatic hydroxyl groups is 1. The van der Waals surface area contributed by atoms with Gasteiger partial charge < -0.3 is 58.0 Å². The molecular weight excluding hydrogens is 977 g/mol. The average molecular weight is 1050 g/mol. The molecule has 6 aromatic carbocycles. The van der Waals surface area contributed by atoms with Crippen LogP contribution in [0.15, 0.2) is 163 Å². The van der Waals surface area contributed by atoms with E-state index in [1.165, 1.54) is 39.6 Å². The topological polar surface area (TPSA) is 165 Å². The molecular formula is C63H70N2O12. The summed E-state index contributed by atoms with van der Waals surface area (Å²) in [5.41, 5.74) is 5.27. The number of pyridine rings is 1. The van der Waals surface area contributed by atoms with Gasteiger partial charge in [-0.15, -0.1) is 0 Å². The number of amides is 1. The fourth-order valence-corrected chi connectivity index (χ4v) is 9.22. The number of unbranched alkanes of at least 4 members (excludes halogenated alkanes) is 5. The smallest absolute Gasteiger partial charge is 0.291 e. The molecule has 0 bridgehead atoms. The molecule has 0 radical (unpaired) electrons. The van der Waals surface area contributed by atoms with Crippen LogP contribution in [-0.4, -0.2) is 74.1 Å². The van der Waals surface area contributed by atoms with Crippen LogP contribution in [-0.2, 0) is 61.5 Å². The second kappa shape index (κ2) is 29.3. The van der Waals surface area contributed by atoms with Crippen molar-refractivity contribution in [3.63, 3.8) is 0 Å². The summed E-state index contributed by atoms with van der Waals surface area (Å²) >= 11 is 0. The number of benzene rings is 6. The highest BCUT2D eigenvalue weighted by Gasteiger charge is 2.50. The van der Waals surface area contributed by atoms with E-state index in [-0.39, 0.29) is 44.5 Å². The molecule has 0 aliphatic carbocycles. The molecule has 14 nitrogen and oxygen atoms in total. The first-order valence-corrected chi connectivity index (χ1v) is 26.4. The number of methoxy groups -OCH3 is 2. The zero-order valence-corrected chi connectivity index (χ0v) is 44.1. The number of carbonyl (C=O) groups excluding carboxylic acids is 1. The Morgan fingerprint density at radius 1 is 0.649 bits per heavy atom. The summed E-state index contributed by atoms with van der Waals surface area (Å²) < 4.78 is 58.7. The van der Waals surface area contributed by atoms with E-state index in [1.807, 2.05) is 121 Å². The third kappa shape index (κ3) is 15.9. The summed E-state index contributed by atoms with van der Waals surface area (Å²) in [6.45, 7) is 3.36. The van der Waals surface area contributed by atoms with Gasteiger partial charge in [-0.25, -0.2) is 0 Å². The van der Waals surface area contributed by atoms with Crippen molar-refractivity contribution in [3.05, 3.63) is 201 Å². The van der Waals surface area contributed by atoms with Crippen LogP contribution in [0.25, 0.3) is 17.0 Å². The van der Waals surface area contributed by atoms with Crippen LogP contribution in [0.5, 0.6) is 23.0 Å². The zero-order chi connectivity index (χ0) is 53.6. The SMILES string of the molecule is CCCCCCCCOc1c(CO)c2ccc(NC(=O)C=Cc3cc(OC)c(O[C@@H]4O[C@H](COCc5ccccc5)[C@@H](OCc5ccccc5)[C@H](OCc5ccccc5)[C@H]4OCc4ccccc4)c(OC)c3)cc2[nH]c1=O. The number of aromatic amines is 1. The fourth-order valence-electron chi connectivity index (χ4n) is 9.22. The van der Waals surface area contributed by atoms with Gasteiger partial charge in [0, 0.05) is 22.7 Å². The Balaban J connectivity index is 1.04. The number of aromatic nitrogens is 1. The average Bonchev–Trinajstić information content (AvgIpc) is 3.46. The Morgan fingerprint density at radius 2 is 1.19 bits per heavy atom. The molecule has 1 aromatic heterocycles. The molecule has 77 heavy (non-hydrogen) atoms. The van der Waals surface area contributed by atoms with Crippen LogP contribution in [0.4, 0.5) is 5.69 Å². The number of H-pyrrole nitrogens is 1. The standard InChI is InChI=1S/C63H70N2O12/c1-4-5-6-7-8-21-34-72-57-51(38-66)50-32-31-49(37-52(50)65-62(57)68)64-56(67)33-30-48-35-53(69-2)58(54(36-48)70-3)77-63-61(75-42-47-28-19-12-20-29-47)60(74-41-46-26-17-11-18-27-46)59(73-40-45-24-15-10-16-25-45)55(76-63)43-71-39-44-22-13-9-14-23-44/h9-20,22-33,35-37,55,59-61,63,66H,4-8,21,34,38-43H2,1-3H3,(H,64,67)(H,65,68)/t55-,59-,60+,61-,63+/m1/s1. The van der Waals surface area contributed by atoms with Gasteiger partial charge in [0.2, 0.25) is 17.9 Å². The number of nitrogens with one attached hydrogen (secondary N) is 2. The minimum Gasteiger partial charge on any atom is -0.493 e. The highest BCUT2D eigenvalue weighted by atomic mass is 16.7. The number of carbonyl (C=O) groups is 1. The van der Waals surface area contributed by atoms with Crippen LogP contribution >= 0.6 is 0 Å². The molecule has 2 heterocycles. The molecule has 1 saturated heterocycles. The number of hydrogen-bond donors (Lipinski definition) is 3. The number of rotatable bonds is 29. The van der Waals surface area contributed by atoms with E-state index in [2.05, 4.69) is 17.2 Å². The Labute approximate surface area is 450 Å². The normalized spacial score (nSPS) is 17.3. The molecule has 1 fully saturated rings. The maximum Gasteiger partial charge on any atom is 0.291 e. The van der Waals surface area contributed by atoms with Crippen molar-refractivity contribution in [1.82, 2.24) is 4.98 Å². The van der Waals surface area contributed by atoms with Crippen molar-refractivity contribution < 1.29 is 52.5 Å². The van der Waals surface area contributed by atoms with Gasteiger partial charge in [-0.1, -0.05) is 166 Å². The maximum atomic E-state index is 13.5. The van der Waals surface area contributed by atoms with Gasteiger partial charge in [0.25, 0.3) is 5.56 Å². The van der Waals surface area contributed by atoms with Crippen molar-refractivity contribution in [2.45, 2.75) is 109 Å². The van der Waals surface area contributed by atoms with Crippen LogP contribution < -0.4 is 29.8 Å². The number of fused-ring (bicyclic) bond motifs is 1. The van der Waals surface area contributed by atoms with Gasteiger partial charge in [-0.2, -0.15) is 0 Å². The lowest BCUT2D eigenvalue weighted by atomic mass is 9.97. The van der Waals surface area contributed by atoms with E-state index in [1.54, 1.807) is 36.4 Å². The lowest BCUT2D eigenvalue weighted by molar-refractivity contribution is -0.310. The van der Waals surface area contributed by atoms with Crippen LogP contribution in [0, 0.1) is 0 Å². The monoisotopic (exact) mass is 1050 g/mol. The van der Waals surface area contributed by atoms with Crippen LogP contribution in [0.2, 0.25) is 0 Å². The zero-order valence-electron chi connectivity index (χ0n) is 44.1. The Bertz CT molecular complexity index is 2970. The summed E-state index contributed by atoms with van der Waals surface area (Å²) in [5.74, 6) is 0.494. The Hall–Kier alpha value is -7.30. The first kappa shape index (κ1) is 55.9. The van der Waals surface area contributed by atoms with Gasteiger partial charge in [0.15, 0.2) is 17.2 Å². The molecule has 8 rings (SSSR count). The number of anilines is 1. The minimum atomic E-state index is -1.12. The predicted molar refractivity (Wildman–Crippen MR) is 297 cm³/mol. The van der Waals surface area contributed by atoms with Crippen molar-refractivity contribution in [2.75, 3.05) is 32.8 Å². The molecule has 404 valence electrons. The summed E-state index contributed by atoms with van der Waals surface area (Å²) in [7, 11) is 3.03. The van der Waals surface area contributed by atoms with Crippen molar-refractivity contribution in [1.29, 1.82) is 0 Å². The first-order chi connectivity index (χ1) is 37.8. The van der Waals surface area contributed by atoms with E-state index >= 15 is 0 Å². The van der Waals surface area contributed by atoms with Crippen molar-refractivity contribution in [3.8, 4) is 23.0 Å². The summed E-state index contributed by atoms with van der Waals surface area (Å²) in [4.78, 5) is 29.5. The molecule has 14 heteroatoms. The van der Waals surface area contributed by atoms with Gasteiger partial charge in [-0.3, -0.25) is 9.59 Å². The molecule has 5 atom stereocenters. The van der Waals surface area contributed by atoms with Gasteiger partial charge >= 0.3 is 0 Å². The number of aliphatic hydroxyl groups excluding tert-OH is 1. The second-order valence-electron chi connectivity index (χ2n) is 18.8. The van der Waals surface area contributed by atoms with E-state index in [0.717, 1.165) is 41.5 Å². The lowest BCUT2D eigenvalue weighted by Crippen LogP contribution is -2.62. The second-order valence-corrected chi connectivity index (χ2v) is 18.8. The molecule has 1 aliphatic heterocycles. The largest absolute Gasteiger partial charge is 0.493 e. The molecule has 7 aromatic rings. The Kier molecular flexibility index (Phi) is 21.3. The summed E-state index contributed by atoms with van der Waals surface area (Å²) in [6, 6.07) is 48.2. The third-order valence-corrected chi connectivity index (χ3v) is 13.2. The number of hydrogen-bond acceptors (Lipinski definition) is 12. The molecule has 0 spiro atoms. The van der Waals surface area contributed by atoms with Crippen LogP contribution in [0.1, 0.15) is 78.8 Å². The predicted octanol–water partition coefficient (Wildman–Crippen LogP) is 11.5. The van der Waals surface area contributed by atoms with Gasteiger partial charge in [0.1, 0.15) is 24.4 Å². The number of ether oxygens (including phenoxy) is 9. The van der Waals surface area contributed by atoms with Gasteiger partial charge in [-0.05, 0) is 64.6 Å². The molecule has 0 unspecified atom stereocenters. The first-order valence-electron chi connectivity index (χ1n) is 26.4. The molecule has 0 saturated carbocycles. The molecule has 1 aliphatic rings. The van der Waals surface area contributed by atoms with Gasteiger partial charge in [0.05, 0.1) is 66.0 Å². The molecule has 3 N–H and O–H groups in total. The van der Waals surface area contributed by atoms with Crippen molar-refractivity contribution >= 4 is 28.6 Å². The van der Waals surface area contributed by atoms with E-state index < -0.39 is 42.2 Å². The Morgan fingerprint density at radius 3 is 1.77 bits per heavy atom. The third-order valence-electron chi connectivity index (χ3n) is 13.2. The maximum absolute atomic E-state index is 13.5. The highest BCUT2D eigenvalue weighted by Crippen LogP contribution is 2.42. The quantitative estimate of drug-likeness (QED) is 0.0301. The van der Waals surface area contributed by atoms with E-state index in [9.17, 15) is 14.7 Å². The van der Waals surface area contributed by atoms with Crippen molar-refractivity contribution in [2.24, 2.45) is 0 Å².